The lowest BCUT2D eigenvalue weighted by Crippen LogP contribution is -2.17. The number of hydrogen-bond acceptors (Lipinski definition) is 2. The third-order valence-electron chi connectivity index (χ3n) is 4.96. The van der Waals surface area contributed by atoms with Crippen LogP contribution in [0, 0.1) is 0 Å². The molecule has 0 N–H and O–H groups in total. The van der Waals surface area contributed by atoms with Crippen molar-refractivity contribution in [1.82, 2.24) is 9.47 Å². The molecular weight excluding hydrogens is 300 g/mol. The largest absolute Gasteiger partial charge is 0.340 e. The Morgan fingerprint density at radius 2 is 1.92 bits per heavy atom. The summed E-state index contributed by atoms with van der Waals surface area (Å²) in [5.41, 5.74) is 4.87. The predicted molar refractivity (Wildman–Crippen MR) is 95.5 cm³/mol. The van der Waals surface area contributed by atoms with Gasteiger partial charge in [0.15, 0.2) is 5.78 Å². The summed E-state index contributed by atoms with van der Waals surface area (Å²) >= 11 is 0. The fourth-order valence-electron chi connectivity index (χ4n) is 3.83. The highest BCUT2D eigenvalue weighted by atomic mass is 16.2. The van der Waals surface area contributed by atoms with Gasteiger partial charge in [0.25, 0.3) is 5.91 Å². The lowest BCUT2D eigenvalue weighted by Gasteiger charge is -2.06. The number of hydrogen-bond donors (Lipinski definition) is 0. The maximum Gasteiger partial charge on any atom is 0.254 e. The van der Waals surface area contributed by atoms with Crippen LogP contribution in [0.3, 0.4) is 0 Å². The fraction of sp³-hybridized carbons (Fsp3) is 0.300. The normalized spacial score (nSPS) is 14.0. The molecule has 1 aromatic heterocycles. The number of aromatic nitrogens is 1. The number of aryl methyl sites for hydroxylation is 1. The Morgan fingerprint density at radius 3 is 2.62 bits per heavy atom. The van der Waals surface area contributed by atoms with Crippen LogP contribution < -0.4 is 0 Å². The second-order valence-electron chi connectivity index (χ2n) is 6.59. The van der Waals surface area contributed by atoms with E-state index in [9.17, 15) is 9.59 Å². The van der Waals surface area contributed by atoms with Gasteiger partial charge in [0.1, 0.15) is 0 Å². The Hall–Kier alpha value is -2.62. The zero-order valence-electron chi connectivity index (χ0n) is 14.2. The first-order valence-corrected chi connectivity index (χ1v) is 8.37. The lowest BCUT2D eigenvalue weighted by molar-refractivity contribution is 0.0816. The molecule has 2 aromatic carbocycles. The van der Waals surface area contributed by atoms with Gasteiger partial charge in [0, 0.05) is 53.1 Å². The van der Waals surface area contributed by atoms with Gasteiger partial charge in [-0.25, -0.2) is 0 Å². The Kier molecular flexibility index (Phi) is 3.23. The van der Waals surface area contributed by atoms with E-state index in [-0.39, 0.29) is 11.7 Å². The van der Waals surface area contributed by atoms with Crippen molar-refractivity contribution in [1.29, 1.82) is 0 Å². The minimum absolute atomic E-state index is 0.0639. The molecule has 0 fully saturated rings. The van der Waals surface area contributed by atoms with Crippen molar-refractivity contribution >= 4 is 33.5 Å². The molecule has 2 heterocycles. The van der Waals surface area contributed by atoms with E-state index in [0.717, 1.165) is 45.9 Å². The Morgan fingerprint density at radius 1 is 1.17 bits per heavy atom. The molecule has 1 aliphatic heterocycles. The summed E-state index contributed by atoms with van der Waals surface area (Å²) in [7, 11) is 1.83. The van der Waals surface area contributed by atoms with Gasteiger partial charge in [-0.1, -0.05) is 6.92 Å². The van der Waals surface area contributed by atoms with Gasteiger partial charge in [-0.15, -0.1) is 0 Å². The van der Waals surface area contributed by atoms with Crippen LogP contribution in [0.4, 0.5) is 0 Å². The smallest absolute Gasteiger partial charge is 0.254 e. The van der Waals surface area contributed by atoms with Gasteiger partial charge in [-0.05, 0) is 49.2 Å². The molecule has 0 saturated heterocycles. The second kappa shape index (κ2) is 5.20. The van der Waals surface area contributed by atoms with Crippen molar-refractivity contribution in [3.05, 3.63) is 47.0 Å². The molecule has 24 heavy (non-hydrogen) atoms. The van der Waals surface area contributed by atoms with Crippen LogP contribution in [0.25, 0.3) is 21.8 Å². The second-order valence-corrected chi connectivity index (χ2v) is 6.59. The molecule has 4 heteroatoms. The molecule has 0 radical (unpaired) electrons. The van der Waals surface area contributed by atoms with Crippen LogP contribution in [0.2, 0.25) is 0 Å². The van der Waals surface area contributed by atoms with E-state index >= 15 is 0 Å². The zero-order chi connectivity index (χ0) is 17.0. The van der Waals surface area contributed by atoms with Crippen LogP contribution in [0.5, 0.6) is 0 Å². The number of carbonyl (C=O) groups is 2. The molecule has 0 unspecified atom stereocenters. The number of rotatable bonds is 3. The van der Waals surface area contributed by atoms with Crippen molar-refractivity contribution in [2.24, 2.45) is 0 Å². The summed E-state index contributed by atoms with van der Waals surface area (Å²) in [6, 6.07) is 9.91. The minimum Gasteiger partial charge on any atom is -0.340 e. The third-order valence-corrected chi connectivity index (χ3v) is 4.96. The first-order valence-electron chi connectivity index (χ1n) is 8.37. The first kappa shape index (κ1) is 14.9. The van der Waals surface area contributed by atoms with Crippen molar-refractivity contribution in [2.45, 2.75) is 33.4 Å². The summed E-state index contributed by atoms with van der Waals surface area (Å²) in [6.07, 6.45) is 1.03. The van der Waals surface area contributed by atoms with Gasteiger partial charge in [0.05, 0.1) is 0 Å². The standard InChI is InChI=1S/C20H20N2O2/c1-4-9-22-17-7-5-13(12(2)23)10-15(17)19-16-11-21(3)20(24)14(16)6-8-18(19)22/h5-8,10H,4,9,11H2,1-3H3. The number of amides is 1. The SMILES string of the molecule is CCCn1c2ccc(C(C)=O)cc2c2c3c(ccc21)C(=O)N(C)C3. The van der Waals surface area contributed by atoms with E-state index < -0.39 is 0 Å². The van der Waals surface area contributed by atoms with Gasteiger partial charge >= 0.3 is 0 Å². The maximum atomic E-state index is 12.3. The number of nitrogens with zero attached hydrogens (tertiary/aromatic N) is 2. The van der Waals surface area contributed by atoms with Crippen molar-refractivity contribution < 1.29 is 9.59 Å². The third kappa shape index (κ3) is 1.92. The molecule has 4 nitrogen and oxygen atoms in total. The quantitative estimate of drug-likeness (QED) is 0.685. The van der Waals surface area contributed by atoms with E-state index in [1.807, 2.05) is 37.4 Å². The number of ketones is 1. The molecule has 0 spiro atoms. The Balaban J connectivity index is 2.15. The Labute approximate surface area is 140 Å². The molecule has 0 saturated carbocycles. The number of carbonyl (C=O) groups excluding carboxylic acids is 2. The number of Topliss-reactive ketones (excluding diaryl/α,β-unsaturated/α-hetero) is 1. The van der Waals surface area contributed by atoms with Crippen molar-refractivity contribution in [3.8, 4) is 0 Å². The van der Waals surface area contributed by atoms with Gasteiger partial charge in [0.2, 0.25) is 0 Å². The van der Waals surface area contributed by atoms with Crippen LogP contribution in [0.15, 0.2) is 30.3 Å². The molecule has 0 aliphatic carbocycles. The molecule has 1 aliphatic rings. The average molecular weight is 320 g/mol. The van der Waals surface area contributed by atoms with E-state index in [4.69, 9.17) is 0 Å². The van der Waals surface area contributed by atoms with E-state index in [2.05, 4.69) is 11.5 Å². The van der Waals surface area contributed by atoms with Crippen LogP contribution in [0.1, 0.15) is 46.5 Å². The minimum atomic E-state index is 0.0639. The topological polar surface area (TPSA) is 42.3 Å². The molecule has 0 atom stereocenters. The molecule has 1 amide bonds. The zero-order valence-corrected chi connectivity index (χ0v) is 14.2. The van der Waals surface area contributed by atoms with Crippen LogP contribution in [-0.4, -0.2) is 28.2 Å². The predicted octanol–water partition coefficient (Wildman–Crippen LogP) is 3.99. The highest BCUT2D eigenvalue weighted by Crippen LogP contribution is 2.37. The highest BCUT2D eigenvalue weighted by Gasteiger charge is 2.28. The maximum absolute atomic E-state index is 12.3. The fourth-order valence-corrected chi connectivity index (χ4v) is 3.83. The Bertz CT molecular complexity index is 1010. The monoisotopic (exact) mass is 320 g/mol. The average Bonchev–Trinajstić information content (AvgIpc) is 3.03. The number of benzene rings is 2. The summed E-state index contributed by atoms with van der Waals surface area (Å²) < 4.78 is 2.30. The van der Waals surface area contributed by atoms with Crippen molar-refractivity contribution in [2.75, 3.05) is 7.05 Å². The molecule has 4 rings (SSSR count). The van der Waals surface area contributed by atoms with Crippen LogP contribution in [-0.2, 0) is 13.1 Å². The lowest BCUT2D eigenvalue weighted by atomic mass is 10.0. The molecular formula is C20H20N2O2. The molecule has 0 bridgehead atoms. The van der Waals surface area contributed by atoms with E-state index in [1.54, 1.807) is 11.8 Å². The first-order chi connectivity index (χ1) is 11.5. The van der Waals surface area contributed by atoms with Gasteiger partial charge in [-0.2, -0.15) is 0 Å². The summed E-state index contributed by atoms with van der Waals surface area (Å²) in [5.74, 6) is 0.139. The molecule has 122 valence electrons. The molecule has 3 aromatic rings. The van der Waals surface area contributed by atoms with Gasteiger partial charge in [-0.3, -0.25) is 9.59 Å². The summed E-state index contributed by atoms with van der Waals surface area (Å²) in [4.78, 5) is 25.9. The number of fused-ring (bicyclic) bond motifs is 5. The van der Waals surface area contributed by atoms with Gasteiger partial charge < -0.3 is 9.47 Å². The van der Waals surface area contributed by atoms with E-state index in [1.165, 1.54) is 0 Å². The summed E-state index contributed by atoms with van der Waals surface area (Å²) in [5, 5.41) is 2.20. The van der Waals surface area contributed by atoms with E-state index in [0.29, 0.717) is 12.1 Å². The van der Waals surface area contributed by atoms with Crippen molar-refractivity contribution in [3.63, 3.8) is 0 Å². The van der Waals surface area contributed by atoms with Crippen LogP contribution >= 0.6 is 0 Å². The summed E-state index contributed by atoms with van der Waals surface area (Å²) in [6.45, 7) is 5.30. The highest BCUT2D eigenvalue weighted by molar-refractivity contribution is 6.15.